The number of ether oxygens (including phenoxy) is 1. The van der Waals surface area contributed by atoms with E-state index in [4.69, 9.17) is 9.15 Å². The number of hydrogen-bond donors (Lipinski definition) is 1. The van der Waals surface area contributed by atoms with Crippen molar-refractivity contribution in [2.24, 2.45) is 11.8 Å². The van der Waals surface area contributed by atoms with Crippen molar-refractivity contribution in [3.63, 3.8) is 0 Å². The average Bonchev–Trinajstić information content (AvgIpc) is 2.84. The highest BCUT2D eigenvalue weighted by Crippen LogP contribution is 2.48. The minimum atomic E-state index is -0.495. The number of rotatable bonds is 3. The fraction of sp³-hybridized carbons (Fsp3) is 0.692. The van der Waals surface area contributed by atoms with E-state index < -0.39 is 6.10 Å². The van der Waals surface area contributed by atoms with Gasteiger partial charge in [-0.05, 0) is 30.9 Å². The third-order valence-corrected chi connectivity index (χ3v) is 3.83. The van der Waals surface area contributed by atoms with Crippen molar-refractivity contribution in [3.05, 3.63) is 23.7 Å². The number of hydrogen-bond acceptors (Lipinski definition) is 3. The maximum Gasteiger partial charge on any atom is 0.133 e. The van der Waals surface area contributed by atoms with Gasteiger partial charge in [0.2, 0.25) is 0 Å². The molecule has 1 saturated heterocycles. The van der Waals surface area contributed by atoms with E-state index >= 15 is 0 Å². The first kappa shape index (κ1) is 10.4. The molecular formula is C13H18O3. The normalized spacial score (nSPS) is 35.2. The lowest BCUT2D eigenvalue weighted by Gasteiger charge is -2.13. The van der Waals surface area contributed by atoms with Crippen LogP contribution in [0.3, 0.4) is 0 Å². The molecule has 0 bridgehead atoms. The standard InChI is InChI=1S/C13H18O3/c1-8-6-10(8)11-2-3-12(16-11)13(14)9-4-5-15-7-9/h2-3,8-10,13-14H,4-7H2,1H3. The Bertz CT molecular complexity index is 365. The van der Waals surface area contributed by atoms with E-state index in [1.807, 2.05) is 12.1 Å². The summed E-state index contributed by atoms with van der Waals surface area (Å²) in [6.45, 7) is 3.64. The summed E-state index contributed by atoms with van der Waals surface area (Å²) in [5.41, 5.74) is 0. The van der Waals surface area contributed by atoms with E-state index in [0.29, 0.717) is 18.3 Å². The van der Waals surface area contributed by atoms with E-state index in [2.05, 4.69) is 6.92 Å². The fourth-order valence-corrected chi connectivity index (χ4v) is 2.48. The van der Waals surface area contributed by atoms with Crippen LogP contribution in [0.5, 0.6) is 0 Å². The zero-order valence-electron chi connectivity index (χ0n) is 9.56. The van der Waals surface area contributed by atoms with Gasteiger partial charge in [-0.3, -0.25) is 0 Å². The lowest BCUT2D eigenvalue weighted by Crippen LogP contribution is -2.11. The van der Waals surface area contributed by atoms with Gasteiger partial charge in [0.1, 0.15) is 17.6 Å². The molecule has 4 unspecified atom stereocenters. The summed E-state index contributed by atoms with van der Waals surface area (Å²) in [7, 11) is 0. The van der Waals surface area contributed by atoms with E-state index in [1.54, 1.807) is 0 Å². The van der Waals surface area contributed by atoms with Crippen LogP contribution in [-0.2, 0) is 4.74 Å². The summed E-state index contributed by atoms with van der Waals surface area (Å²) in [4.78, 5) is 0. The molecular weight excluding hydrogens is 204 g/mol. The minimum Gasteiger partial charge on any atom is -0.463 e. The van der Waals surface area contributed by atoms with Gasteiger partial charge in [-0.25, -0.2) is 0 Å². The molecule has 4 atom stereocenters. The summed E-state index contributed by atoms with van der Waals surface area (Å²) in [5, 5.41) is 10.1. The van der Waals surface area contributed by atoms with Crippen molar-refractivity contribution in [2.75, 3.05) is 13.2 Å². The predicted octanol–water partition coefficient (Wildman–Crippen LogP) is 2.47. The zero-order chi connectivity index (χ0) is 11.1. The molecule has 1 saturated carbocycles. The zero-order valence-corrected chi connectivity index (χ0v) is 9.56. The topological polar surface area (TPSA) is 42.6 Å². The molecule has 2 heterocycles. The molecule has 1 aromatic rings. The van der Waals surface area contributed by atoms with Crippen LogP contribution in [0.4, 0.5) is 0 Å². The van der Waals surface area contributed by atoms with E-state index in [0.717, 1.165) is 24.7 Å². The Morgan fingerprint density at radius 3 is 2.88 bits per heavy atom. The van der Waals surface area contributed by atoms with E-state index in [1.165, 1.54) is 6.42 Å². The van der Waals surface area contributed by atoms with Crippen LogP contribution in [0.2, 0.25) is 0 Å². The second kappa shape index (κ2) is 3.90. The molecule has 2 aliphatic rings. The van der Waals surface area contributed by atoms with Crippen molar-refractivity contribution in [1.82, 2.24) is 0 Å². The smallest absolute Gasteiger partial charge is 0.133 e. The second-order valence-corrected chi connectivity index (χ2v) is 5.13. The maximum absolute atomic E-state index is 10.1. The highest BCUT2D eigenvalue weighted by atomic mass is 16.5. The number of furan rings is 1. The highest BCUT2D eigenvalue weighted by molar-refractivity contribution is 5.19. The summed E-state index contributed by atoms with van der Waals surface area (Å²) in [6, 6.07) is 3.94. The molecule has 1 N–H and O–H groups in total. The van der Waals surface area contributed by atoms with Gasteiger partial charge in [0.25, 0.3) is 0 Å². The largest absolute Gasteiger partial charge is 0.463 e. The Labute approximate surface area is 95.4 Å². The Balaban J connectivity index is 1.71. The highest BCUT2D eigenvalue weighted by Gasteiger charge is 2.37. The molecule has 2 fully saturated rings. The monoisotopic (exact) mass is 222 g/mol. The van der Waals surface area contributed by atoms with Gasteiger partial charge >= 0.3 is 0 Å². The van der Waals surface area contributed by atoms with Gasteiger partial charge in [0, 0.05) is 18.4 Å². The number of aliphatic hydroxyl groups is 1. The van der Waals surface area contributed by atoms with Crippen LogP contribution in [-0.4, -0.2) is 18.3 Å². The molecule has 88 valence electrons. The molecule has 16 heavy (non-hydrogen) atoms. The second-order valence-electron chi connectivity index (χ2n) is 5.13. The van der Waals surface area contributed by atoms with Gasteiger partial charge in [-0.2, -0.15) is 0 Å². The SMILES string of the molecule is CC1CC1c1ccc(C(O)C2CCOC2)o1. The van der Waals surface area contributed by atoms with Gasteiger partial charge < -0.3 is 14.3 Å². The molecule has 1 aromatic heterocycles. The van der Waals surface area contributed by atoms with Crippen molar-refractivity contribution in [1.29, 1.82) is 0 Å². The van der Waals surface area contributed by atoms with Crippen molar-refractivity contribution >= 4 is 0 Å². The van der Waals surface area contributed by atoms with Crippen LogP contribution in [0.15, 0.2) is 16.5 Å². The third kappa shape index (κ3) is 1.78. The summed E-state index contributed by atoms with van der Waals surface area (Å²) in [6.07, 6.45) is 1.65. The Morgan fingerprint density at radius 2 is 2.25 bits per heavy atom. The van der Waals surface area contributed by atoms with Crippen LogP contribution in [0, 0.1) is 11.8 Å². The molecule has 3 heteroatoms. The molecule has 1 aliphatic carbocycles. The predicted molar refractivity (Wildman–Crippen MR) is 59.1 cm³/mol. The summed E-state index contributed by atoms with van der Waals surface area (Å²) < 4.78 is 11.0. The fourth-order valence-electron chi connectivity index (χ4n) is 2.48. The summed E-state index contributed by atoms with van der Waals surface area (Å²) in [5.74, 6) is 3.28. The van der Waals surface area contributed by atoms with Gasteiger partial charge in [-0.1, -0.05) is 6.92 Å². The van der Waals surface area contributed by atoms with Crippen LogP contribution < -0.4 is 0 Å². The van der Waals surface area contributed by atoms with Gasteiger partial charge in [-0.15, -0.1) is 0 Å². The average molecular weight is 222 g/mol. The Hall–Kier alpha value is -0.800. The molecule has 3 nitrogen and oxygen atoms in total. The van der Waals surface area contributed by atoms with Crippen LogP contribution >= 0.6 is 0 Å². The Morgan fingerprint density at radius 1 is 1.44 bits per heavy atom. The van der Waals surface area contributed by atoms with Crippen molar-refractivity contribution in [2.45, 2.75) is 31.8 Å². The van der Waals surface area contributed by atoms with Crippen molar-refractivity contribution < 1.29 is 14.3 Å². The molecule has 1 aliphatic heterocycles. The van der Waals surface area contributed by atoms with Crippen LogP contribution in [0.1, 0.15) is 43.3 Å². The first-order valence-electron chi connectivity index (χ1n) is 6.11. The molecule has 0 radical (unpaired) electrons. The molecule has 0 spiro atoms. The maximum atomic E-state index is 10.1. The molecule has 3 rings (SSSR count). The quantitative estimate of drug-likeness (QED) is 0.854. The van der Waals surface area contributed by atoms with E-state index in [-0.39, 0.29) is 5.92 Å². The van der Waals surface area contributed by atoms with Gasteiger partial charge in [0.05, 0.1) is 6.61 Å². The number of aliphatic hydroxyl groups excluding tert-OH is 1. The first-order chi connectivity index (χ1) is 7.75. The van der Waals surface area contributed by atoms with Crippen molar-refractivity contribution in [3.8, 4) is 0 Å². The first-order valence-corrected chi connectivity index (χ1v) is 6.11. The van der Waals surface area contributed by atoms with E-state index in [9.17, 15) is 5.11 Å². The molecule has 0 amide bonds. The Kier molecular flexibility index (Phi) is 2.52. The minimum absolute atomic E-state index is 0.204. The lowest BCUT2D eigenvalue weighted by molar-refractivity contribution is 0.0728. The van der Waals surface area contributed by atoms with Crippen LogP contribution in [0.25, 0.3) is 0 Å². The third-order valence-electron chi connectivity index (χ3n) is 3.83. The van der Waals surface area contributed by atoms with Gasteiger partial charge in [0.15, 0.2) is 0 Å². The summed E-state index contributed by atoms with van der Waals surface area (Å²) >= 11 is 0. The lowest BCUT2D eigenvalue weighted by atomic mass is 10.0. The molecule has 0 aromatic carbocycles.